The molecule has 1 aliphatic rings. The van der Waals surface area contributed by atoms with Gasteiger partial charge in [-0.1, -0.05) is 20.8 Å². The van der Waals surface area contributed by atoms with Crippen molar-refractivity contribution in [3.05, 3.63) is 48.7 Å². The van der Waals surface area contributed by atoms with E-state index in [1.165, 1.54) is 25.3 Å². The van der Waals surface area contributed by atoms with Gasteiger partial charge in [0.2, 0.25) is 5.91 Å². The number of anilines is 2. The normalized spacial score (nSPS) is 14.4. The summed E-state index contributed by atoms with van der Waals surface area (Å²) in [5.74, 6) is -0.00977. The molecule has 5 aromatic rings. The standard InChI is InChI=1S/C28H29FN8O/c1-28(2,3)27(38)32-17-11-16(14-30-15-17)18-12-19-21(13-20(18)29)35-36-23(19)26-33-24-22(7-8-31-25(24)34-26)37-9-5-4-6-10-37/h7-8,11-15H,4-6,9-10H2,1-3H3,(H,32,38)(H,35,36)(H,31,33,34). The number of aromatic amines is 2. The van der Waals surface area contributed by atoms with Crippen LogP contribution in [0.3, 0.4) is 0 Å². The number of imidazole rings is 1. The zero-order valence-corrected chi connectivity index (χ0v) is 21.6. The fraction of sp³-hybridized carbons (Fsp3) is 0.321. The first kappa shape index (κ1) is 24.0. The van der Waals surface area contributed by atoms with Crippen molar-refractivity contribution in [2.75, 3.05) is 23.3 Å². The number of carbonyl (C=O) groups is 1. The van der Waals surface area contributed by atoms with Crippen molar-refractivity contribution in [2.45, 2.75) is 40.0 Å². The second-order valence-electron chi connectivity index (χ2n) is 10.8. The minimum absolute atomic E-state index is 0.146. The molecule has 0 spiro atoms. The third-order valence-corrected chi connectivity index (χ3v) is 6.93. The highest BCUT2D eigenvalue weighted by Gasteiger charge is 2.23. The predicted molar refractivity (Wildman–Crippen MR) is 146 cm³/mol. The number of benzene rings is 1. The van der Waals surface area contributed by atoms with Gasteiger partial charge < -0.3 is 15.2 Å². The molecule has 6 rings (SSSR count). The quantitative estimate of drug-likeness (QED) is 0.285. The molecule has 0 unspecified atom stereocenters. The van der Waals surface area contributed by atoms with Crippen LogP contribution in [0.4, 0.5) is 15.8 Å². The highest BCUT2D eigenvalue weighted by Crippen LogP contribution is 2.34. The number of hydrogen-bond acceptors (Lipinski definition) is 6. The van der Waals surface area contributed by atoms with Gasteiger partial charge in [-0.05, 0) is 37.5 Å². The van der Waals surface area contributed by atoms with E-state index in [1.807, 2.05) is 26.8 Å². The summed E-state index contributed by atoms with van der Waals surface area (Å²) < 4.78 is 15.2. The van der Waals surface area contributed by atoms with Crippen LogP contribution in [0.25, 0.3) is 44.7 Å². The van der Waals surface area contributed by atoms with Crippen molar-refractivity contribution in [1.82, 2.24) is 30.1 Å². The molecule has 0 aliphatic carbocycles. The summed E-state index contributed by atoms with van der Waals surface area (Å²) in [4.78, 5) is 31.7. The van der Waals surface area contributed by atoms with Gasteiger partial charge in [-0.2, -0.15) is 5.10 Å². The summed E-state index contributed by atoms with van der Waals surface area (Å²) in [7, 11) is 0. The molecule has 1 amide bonds. The molecule has 1 fully saturated rings. The number of carbonyl (C=O) groups excluding carboxylic acids is 1. The lowest BCUT2D eigenvalue weighted by Crippen LogP contribution is -2.29. The van der Waals surface area contributed by atoms with Crippen molar-refractivity contribution in [1.29, 1.82) is 0 Å². The number of halogens is 1. The molecule has 4 aromatic heterocycles. The van der Waals surface area contributed by atoms with Crippen LogP contribution in [0.2, 0.25) is 0 Å². The van der Waals surface area contributed by atoms with Gasteiger partial charge in [-0.3, -0.25) is 14.9 Å². The van der Waals surface area contributed by atoms with E-state index in [0.717, 1.165) is 24.3 Å². The van der Waals surface area contributed by atoms with Crippen LogP contribution in [0, 0.1) is 11.2 Å². The molecule has 10 heteroatoms. The molecule has 0 radical (unpaired) electrons. The van der Waals surface area contributed by atoms with Crippen molar-refractivity contribution in [3.8, 4) is 22.6 Å². The second-order valence-corrected chi connectivity index (χ2v) is 10.8. The Hall–Kier alpha value is -4.34. The Morgan fingerprint density at radius 2 is 1.92 bits per heavy atom. The molecular formula is C28H29FN8O. The molecule has 0 saturated carbocycles. The Balaban J connectivity index is 1.40. The van der Waals surface area contributed by atoms with E-state index in [1.54, 1.807) is 30.7 Å². The van der Waals surface area contributed by atoms with Crippen molar-refractivity contribution in [2.24, 2.45) is 5.41 Å². The number of aromatic nitrogens is 6. The van der Waals surface area contributed by atoms with Crippen LogP contribution in [-0.4, -0.2) is 49.1 Å². The van der Waals surface area contributed by atoms with Gasteiger partial charge in [0.1, 0.15) is 17.0 Å². The van der Waals surface area contributed by atoms with Crippen LogP contribution in [0.15, 0.2) is 42.9 Å². The SMILES string of the molecule is CC(C)(C)C(=O)Nc1cncc(-c2cc3c(-c4nc5nccc(N6CCCCC6)c5[nH]4)n[nH]c3cc2F)c1. The largest absolute Gasteiger partial charge is 0.370 e. The maximum Gasteiger partial charge on any atom is 0.229 e. The van der Waals surface area contributed by atoms with Gasteiger partial charge in [0, 0.05) is 53.5 Å². The predicted octanol–water partition coefficient (Wildman–Crippen LogP) is 5.68. The van der Waals surface area contributed by atoms with Crippen molar-refractivity contribution < 1.29 is 9.18 Å². The van der Waals surface area contributed by atoms with E-state index in [2.05, 4.69) is 35.4 Å². The minimum Gasteiger partial charge on any atom is -0.370 e. The molecule has 1 aliphatic heterocycles. The summed E-state index contributed by atoms with van der Waals surface area (Å²) in [6.07, 6.45) is 8.49. The first-order chi connectivity index (χ1) is 18.3. The number of H-pyrrole nitrogens is 2. The number of fused-ring (bicyclic) bond motifs is 2. The highest BCUT2D eigenvalue weighted by molar-refractivity contribution is 5.98. The van der Waals surface area contributed by atoms with Crippen LogP contribution in [0.5, 0.6) is 0 Å². The molecule has 5 heterocycles. The lowest BCUT2D eigenvalue weighted by molar-refractivity contribution is -0.123. The average molecular weight is 513 g/mol. The molecule has 194 valence electrons. The van der Waals surface area contributed by atoms with Crippen LogP contribution in [0.1, 0.15) is 40.0 Å². The highest BCUT2D eigenvalue weighted by atomic mass is 19.1. The zero-order chi connectivity index (χ0) is 26.4. The molecule has 3 N–H and O–H groups in total. The second kappa shape index (κ2) is 9.20. The van der Waals surface area contributed by atoms with E-state index >= 15 is 4.39 Å². The summed E-state index contributed by atoms with van der Waals surface area (Å²) in [5.41, 5.74) is 4.53. The molecule has 0 atom stereocenters. The summed E-state index contributed by atoms with van der Waals surface area (Å²) in [5, 5.41) is 11.0. The number of nitrogens with one attached hydrogen (secondary N) is 3. The van der Waals surface area contributed by atoms with E-state index in [9.17, 15) is 4.79 Å². The monoisotopic (exact) mass is 512 g/mol. The molecule has 9 nitrogen and oxygen atoms in total. The average Bonchev–Trinajstić information content (AvgIpc) is 3.52. The van der Waals surface area contributed by atoms with Crippen LogP contribution < -0.4 is 10.2 Å². The maximum absolute atomic E-state index is 15.2. The van der Waals surface area contributed by atoms with Crippen LogP contribution >= 0.6 is 0 Å². The van der Waals surface area contributed by atoms with Gasteiger partial charge in [0.25, 0.3) is 0 Å². The van der Waals surface area contributed by atoms with E-state index in [-0.39, 0.29) is 5.91 Å². The van der Waals surface area contributed by atoms with Gasteiger partial charge in [0.15, 0.2) is 11.5 Å². The molecule has 1 aromatic carbocycles. The van der Waals surface area contributed by atoms with Crippen LogP contribution in [-0.2, 0) is 4.79 Å². The van der Waals surface area contributed by atoms with E-state index in [0.29, 0.717) is 44.9 Å². The number of nitrogens with zero attached hydrogens (tertiary/aromatic N) is 5. The number of hydrogen-bond donors (Lipinski definition) is 3. The Bertz CT molecular complexity index is 1660. The first-order valence-corrected chi connectivity index (χ1v) is 12.8. The summed E-state index contributed by atoms with van der Waals surface area (Å²) in [6.45, 7) is 7.50. The van der Waals surface area contributed by atoms with Gasteiger partial charge in [-0.25, -0.2) is 14.4 Å². The lowest BCUT2D eigenvalue weighted by Gasteiger charge is -2.28. The Kier molecular flexibility index (Phi) is 5.81. The molecule has 38 heavy (non-hydrogen) atoms. The molecule has 1 saturated heterocycles. The Morgan fingerprint density at radius 1 is 1.11 bits per heavy atom. The Labute approximate surface area is 218 Å². The van der Waals surface area contributed by atoms with E-state index in [4.69, 9.17) is 4.98 Å². The number of piperidine rings is 1. The summed E-state index contributed by atoms with van der Waals surface area (Å²) in [6, 6.07) is 6.89. The first-order valence-electron chi connectivity index (χ1n) is 12.8. The lowest BCUT2D eigenvalue weighted by atomic mass is 9.95. The maximum atomic E-state index is 15.2. The molecular weight excluding hydrogens is 483 g/mol. The summed E-state index contributed by atoms with van der Waals surface area (Å²) >= 11 is 0. The molecule has 0 bridgehead atoms. The van der Waals surface area contributed by atoms with Gasteiger partial charge >= 0.3 is 0 Å². The van der Waals surface area contributed by atoms with Gasteiger partial charge in [-0.15, -0.1) is 0 Å². The zero-order valence-electron chi connectivity index (χ0n) is 21.6. The van der Waals surface area contributed by atoms with Crippen molar-refractivity contribution >= 4 is 39.3 Å². The van der Waals surface area contributed by atoms with Crippen molar-refractivity contribution in [3.63, 3.8) is 0 Å². The van der Waals surface area contributed by atoms with Gasteiger partial charge in [0.05, 0.1) is 23.1 Å². The fourth-order valence-electron chi connectivity index (χ4n) is 4.82. The third-order valence-electron chi connectivity index (χ3n) is 6.93. The number of pyridine rings is 2. The fourth-order valence-corrected chi connectivity index (χ4v) is 4.82. The Morgan fingerprint density at radius 3 is 2.71 bits per heavy atom. The third kappa shape index (κ3) is 4.36. The number of amides is 1. The van der Waals surface area contributed by atoms with E-state index < -0.39 is 11.2 Å². The topological polar surface area (TPSA) is 115 Å². The number of rotatable bonds is 4. The smallest absolute Gasteiger partial charge is 0.229 e. The minimum atomic E-state index is -0.568.